The van der Waals surface area contributed by atoms with Gasteiger partial charge in [0.15, 0.2) is 0 Å². The molecule has 0 aliphatic carbocycles. The van der Waals surface area contributed by atoms with E-state index >= 15 is 0 Å². The average Bonchev–Trinajstić information content (AvgIpc) is 2.87. The predicted octanol–water partition coefficient (Wildman–Crippen LogP) is 2.94. The molecule has 0 bridgehead atoms. The first-order chi connectivity index (χ1) is 11.5. The lowest BCUT2D eigenvalue weighted by Gasteiger charge is -2.30. The van der Waals surface area contributed by atoms with Crippen LogP contribution in [0.15, 0.2) is 30.5 Å². The molecule has 1 saturated heterocycles. The second-order valence-corrected chi connectivity index (χ2v) is 7.54. The lowest BCUT2D eigenvalue weighted by Crippen LogP contribution is -2.40. The summed E-state index contributed by atoms with van der Waals surface area (Å²) in [5, 5.41) is 12.2. The van der Waals surface area contributed by atoms with E-state index in [1.165, 1.54) is 16.5 Å². The summed E-state index contributed by atoms with van der Waals surface area (Å²) in [7, 11) is 4.08. The van der Waals surface area contributed by atoms with Crippen molar-refractivity contribution in [1.29, 1.82) is 0 Å². The average molecular weight is 329 g/mol. The lowest BCUT2D eigenvalue weighted by atomic mass is 9.94. The highest BCUT2D eigenvalue weighted by atomic mass is 16.3. The Labute approximate surface area is 145 Å². The van der Waals surface area contributed by atoms with Crippen molar-refractivity contribution in [3.05, 3.63) is 36.0 Å². The first-order valence-corrected chi connectivity index (χ1v) is 9.17. The highest BCUT2D eigenvalue weighted by molar-refractivity contribution is 5.83. The third kappa shape index (κ3) is 3.82. The molecule has 1 aromatic heterocycles. The van der Waals surface area contributed by atoms with Gasteiger partial charge in [-0.05, 0) is 64.5 Å². The van der Waals surface area contributed by atoms with Crippen LogP contribution in [-0.2, 0) is 13.1 Å². The Kier molecular flexibility index (Phi) is 5.28. The van der Waals surface area contributed by atoms with Gasteiger partial charge in [0.2, 0.25) is 0 Å². The zero-order valence-corrected chi connectivity index (χ0v) is 15.3. The van der Waals surface area contributed by atoms with Crippen LogP contribution in [0.5, 0.6) is 0 Å². The summed E-state index contributed by atoms with van der Waals surface area (Å²) in [6, 6.07) is 8.87. The quantitative estimate of drug-likeness (QED) is 0.915. The number of fused-ring (bicyclic) bond motifs is 1. The van der Waals surface area contributed by atoms with Gasteiger partial charge in [0, 0.05) is 43.3 Å². The number of nitrogens with zero attached hydrogens (tertiary/aromatic N) is 3. The molecule has 1 aliphatic heterocycles. The fourth-order valence-electron chi connectivity index (χ4n) is 4.08. The predicted molar refractivity (Wildman–Crippen MR) is 100 cm³/mol. The highest BCUT2D eigenvalue weighted by Crippen LogP contribution is 2.26. The Morgan fingerprint density at radius 1 is 1.17 bits per heavy atom. The SMILES string of the molecule is CCn1ccc2c(CN3CCCC(O)(CN(C)C)CC3)cccc21. The van der Waals surface area contributed by atoms with Crippen molar-refractivity contribution in [2.75, 3.05) is 33.7 Å². The molecular formula is C20H31N3O. The van der Waals surface area contributed by atoms with Crippen LogP contribution >= 0.6 is 0 Å². The Bertz CT molecular complexity index is 679. The second kappa shape index (κ2) is 7.26. The molecule has 2 heterocycles. The molecule has 4 heteroatoms. The Balaban J connectivity index is 1.72. The van der Waals surface area contributed by atoms with E-state index in [0.29, 0.717) is 0 Å². The maximum Gasteiger partial charge on any atom is 0.0786 e. The number of benzene rings is 1. The minimum atomic E-state index is -0.532. The molecule has 24 heavy (non-hydrogen) atoms. The van der Waals surface area contributed by atoms with Crippen molar-refractivity contribution in [2.24, 2.45) is 0 Å². The second-order valence-electron chi connectivity index (χ2n) is 7.54. The third-order valence-electron chi connectivity index (χ3n) is 5.26. The molecule has 1 atom stereocenters. The van der Waals surface area contributed by atoms with Crippen LogP contribution in [0.3, 0.4) is 0 Å². The molecule has 1 unspecified atom stereocenters. The molecule has 1 aromatic carbocycles. The minimum Gasteiger partial charge on any atom is -0.389 e. The van der Waals surface area contributed by atoms with Crippen molar-refractivity contribution in [3.63, 3.8) is 0 Å². The van der Waals surface area contributed by atoms with E-state index in [1.54, 1.807) is 0 Å². The van der Waals surface area contributed by atoms with Gasteiger partial charge < -0.3 is 14.6 Å². The smallest absolute Gasteiger partial charge is 0.0786 e. The molecule has 1 fully saturated rings. The number of likely N-dealkylation sites (N-methyl/N-ethyl adjacent to an activating group) is 1. The molecule has 2 aromatic rings. The van der Waals surface area contributed by atoms with Crippen LogP contribution in [0.25, 0.3) is 10.9 Å². The molecule has 0 spiro atoms. The summed E-state index contributed by atoms with van der Waals surface area (Å²) in [6.45, 7) is 6.97. The van der Waals surface area contributed by atoms with Crippen LogP contribution in [0.2, 0.25) is 0 Å². The number of aliphatic hydroxyl groups is 1. The van der Waals surface area contributed by atoms with Crippen molar-refractivity contribution >= 4 is 10.9 Å². The molecule has 0 radical (unpaired) electrons. The summed E-state index contributed by atoms with van der Waals surface area (Å²) < 4.78 is 2.30. The van der Waals surface area contributed by atoms with E-state index < -0.39 is 5.60 Å². The van der Waals surface area contributed by atoms with Crippen molar-refractivity contribution in [3.8, 4) is 0 Å². The van der Waals surface area contributed by atoms with Crippen molar-refractivity contribution < 1.29 is 5.11 Å². The first-order valence-electron chi connectivity index (χ1n) is 9.17. The fourth-order valence-corrected chi connectivity index (χ4v) is 4.08. The maximum atomic E-state index is 10.8. The molecular weight excluding hydrogens is 298 g/mol. The fraction of sp³-hybridized carbons (Fsp3) is 0.600. The third-order valence-corrected chi connectivity index (χ3v) is 5.26. The number of aromatic nitrogens is 1. The lowest BCUT2D eigenvalue weighted by molar-refractivity contribution is 0.00259. The first kappa shape index (κ1) is 17.5. The summed E-state index contributed by atoms with van der Waals surface area (Å²) in [4.78, 5) is 4.61. The van der Waals surface area contributed by atoms with E-state index in [9.17, 15) is 5.11 Å². The number of hydrogen-bond donors (Lipinski definition) is 1. The van der Waals surface area contributed by atoms with Gasteiger partial charge in [-0.15, -0.1) is 0 Å². The maximum absolute atomic E-state index is 10.8. The zero-order chi connectivity index (χ0) is 17.2. The molecule has 3 rings (SSSR count). The Morgan fingerprint density at radius 2 is 2.00 bits per heavy atom. The number of likely N-dealkylation sites (tertiary alicyclic amines) is 1. The number of aryl methyl sites for hydroxylation is 1. The van der Waals surface area contributed by atoms with Crippen LogP contribution < -0.4 is 0 Å². The van der Waals surface area contributed by atoms with E-state index in [0.717, 1.165) is 52.0 Å². The topological polar surface area (TPSA) is 31.6 Å². The highest BCUT2D eigenvalue weighted by Gasteiger charge is 2.30. The number of rotatable bonds is 5. The molecule has 1 N–H and O–H groups in total. The van der Waals surface area contributed by atoms with Gasteiger partial charge in [-0.3, -0.25) is 4.90 Å². The van der Waals surface area contributed by atoms with Gasteiger partial charge in [0.05, 0.1) is 5.60 Å². The molecule has 0 amide bonds. The Morgan fingerprint density at radius 3 is 2.75 bits per heavy atom. The normalized spacial score (nSPS) is 23.0. The summed E-state index contributed by atoms with van der Waals surface area (Å²) in [5.74, 6) is 0. The van der Waals surface area contributed by atoms with Crippen LogP contribution in [0.4, 0.5) is 0 Å². The molecule has 0 saturated carbocycles. The van der Waals surface area contributed by atoms with Crippen molar-refractivity contribution in [1.82, 2.24) is 14.4 Å². The summed E-state index contributed by atoms with van der Waals surface area (Å²) >= 11 is 0. The van der Waals surface area contributed by atoms with Crippen LogP contribution in [-0.4, -0.2) is 58.8 Å². The van der Waals surface area contributed by atoms with Gasteiger partial charge >= 0.3 is 0 Å². The monoisotopic (exact) mass is 329 g/mol. The molecule has 1 aliphatic rings. The zero-order valence-electron chi connectivity index (χ0n) is 15.3. The minimum absolute atomic E-state index is 0.532. The van der Waals surface area contributed by atoms with E-state index in [-0.39, 0.29) is 0 Å². The van der Waals surface area contributed by atoms with Gasteiger partial charge in [0.1, 0.15) is 0 Å². The number of hydrogen-bond acceptors (Lipinski definition) is 3. The summed E-state index contributed by atoms with van der Waals surface area (Å²) in [5.41, 5.74) is 2.20. The van der Waals surface area contributed by atoms with Crippen LogP contribution in [0.1, 0.15) is 31.7 Å². The van der Waals surface area contributed by atoms with E-state index in [4.69, 9.17) is 0 Å². The van der Waals surface area contributed by atoms with Gasteiger partial charge in [-0.25, -0.2) is 0 Å². The standard InChI is InChI=1S/C20H31N3O/c1-4-23-13-9-18-17(7-5-8-19(18)23)15-22-12-6-10-20(24,11-14-22)16-21(2)3/h5,7-9,13,24H,4,6,10-12,14-16H2,1-3H3. The van der Waals surface area contributed by atoms with Crippen LogP contribution in [0, 0.1) is 0 Å². The van der Waals surface area contributed by atoms with Gasteiger partial charge in [0.25, 0.3) is 0 Å². The van der Waals surface area contributed by atoms with E-state index in [2.05, 4.69) is 51.8 Å². The summed E-state index contributed by atoms with van der Waals surface area (Å²) in [6.07, 6.45) is 5.01. The molecule has 4 nitrogen and oxygen atoms in total. The molecule has 132 valence electrons. The van der Waals surface area contributed by atoms with E-state index in [1.807, 2.05) is 14.1 Å². The van der Waals surface area contributed by atoms with Gasteiger partial charge in [-0.2, -0.15) is 0 Å². The van der Waals surface area contributed by atoms with Gasteiger partial charge in [-0.1, -0.05) is 12.1 Å². The largest absolute Gasteiger partial charge is 0.389 e. The van der Waals surface area contributed by atoms with Crippen molar-refractivity contribution in [2.45, 2.75) is 44.9 Å². The Hall–Kier alpha value is -1.36.